The maximum Gasteiger partial charge on any atom is 0.143 e. The second-order valence-electron chi connectivity index (χ2n) is 3.89. The highest BCUT2D eigenvalue weighted by Crippen LogP contribution is 2.28. The van der Waals surface area contributed by atoms with Crippen LogP contribution in [0.4, 0.5) is 5.82 Å². The molecule has 16 heavy (non-hydrogen) atoms. The van der Waals surface area contributed by atoms with E-state index in [0.29, 0.717) is 6.04 Å². The molecule has 0 aromatic carbocycles. The molecule has 0 bridgehead atoms. The number of nitrogens with zero attached hydrogens (tertiary/aromatic N) is 2. The Kier molecular flexibility index (Phi) is 5.62. The summed E-state index contributed by atoms with van der Waals surface area (Å²) in [6.45, 7) is 4.32. The quantitative estimate of drug-likeness (QED) is 0.824. The molecule has 0 N–H and O–H groups in total. The molecule has 0 saturated carbocycles. The highest BCUT2D eigenvalue weighted by atomic mass is 79.9. The zero-order valence-corrected chi connectivity index (χ0v) is 12.7. The van der Waals surface area contributed by atoms with Crippen LogP contribution in [0, 0.1) is 6.92 Å². The molecular weight excluding hydrogens is 284 g/mol. The van der Waals surface area contributed by atoms with Gasteiger partial charge in [-0.1, -0.05) is 6.92 Å². The Labute approximate surface area is 111 Å². The van der Waals surface area contributed by atoms with Crippen molar-refractivity contribution in [2.45, 2.75) is 26.3 Å². The smallest absolute Gasteiger partial charge is 0.143 e. The van der Waals surface area contributed by atoms with Gasteiger partial charge in [0.05, 0.1) is 4.47 Å². The largest absolute Gasteiger partial charge is 0.355 e. The molecule has 0 amide bonds. The predicted molar refractivity (Wildman–Crippen MR) is 77.5 cm³/mol. The standard InChI is InChI=1S/C12H19BrN2S/c1-5-10(8-16-4)15(3)12-11(13)9(2)6-7-14-12/h6-7,10H,5,8H2,1-4H3. The Morgan fingerprint density at radius 2 is 2.25 bits per heavy atom. The fourth-order valence-electron chi connectivity index (χ4n) is 1.64. The molecule has 4 heteroatoms. The maximum absolute atomic E-state index is 4.46. The molecular formula is C12H19BrN2S. The summed E-state index contributed by atoms with van der Waals surface area (Å²) in [4.78, 5) is 6.73. The fourth-order valence-corrected chi connectivity index (χ4v) is 3.00. The van der Waals surface area contributed by atoms with Gasteiger partial charge in [0.1, 0.15) is 5.82 Å². The third-order valence-corrected chi connectivity index (χ3v) is 4.47. The molecule has 0 radical (unpaired) electrons. The minimum atomic E-state index is 0.542. The van der Waals surface area contributed by atoms with E-state index in [0.717, 1.165) is 22.5 Å². The van der Waals surface area contributed by atoms with E-state index >= 15 is 0 Å². The molecule has 1 aromatic rings. The number of hydrogen-bond donors (Lipinski definition) is 0. The van der Waals surface area contributed by atoms with E-state index in [1.807, 2.05) is 24.0 Å². The molecule has 1 unspecified atom stereocenters. The lowest BCUT2D eigenvalue weighted by atomic mass is 10.2. The molecule has 1 aromatic heterocycles. The Hall–Kier alpha value is -0.220. The van der Waals surface area contributed by atoms with Crippen LogP contribution in [-0.4, -0.2) is 30.1 Å². The Morgan fingerprint density at radius 1 is 1.56 bits per heavy atom. The van der Waals surface area contributed by atoms with Crippen molar-refractivity contribution in [2.75, 3.05) is 24.0 Å². The van der Waals surface area contributed by atoms with Gasteiger partial charge in [0.15, 0.2) is 0 Å². The third kappa shape index (κ3) is 3.14. The maximum atomic E-state index is 4.46. The van der Waals surface area contributed by atoms with Gasteiger partial charge in [0.2, 0.25) is 0 Å². The summed E-state index contributed by atoms with van der Waals surface area (Å²) in [5.41, 5.74) is 1.23. The lowest BCUT2D eigenvalue weighted by molar-refractivity contribution is 0.664. The van der Waals surface area contributed by atoms with Gasteiger partial charge < -0.3 is 4.90 Å². The van der Waals surface area contributed by atoms with Gasteiger partial charge in [-0.3, -0.25) is 0 Å². The summed E-state index contributed by atoms with van der Waals surface area (Å²) >= 11 is 5.50. The predicted octanol–water partition coefficient (Wildman–Crippen LogP) is 3.73. The number of halogens is 1. The molecule has 0 saturated heterocycles. The van der Waals surface area contributed by atoms with E-state index in [2.05, 4.69) is 53.0 Å². The first kappa shape index (κ1) is 13.8. The lowest BCUT2D eigenvalue weighted by Gasteiger charge is -2.28. The molecule has 0 spiro atoms. The van der Waals surface area contributed by atoms with Crippen LogP contribution in [-0.2, 0) is 0 Å². The number of hydrogen-bond acceptors (Lipinski definition) is 3. The van der Waals surface area contributed by atoms with E-state index in [1.54, 1.807) is 0 Å². The third-order valence-electron chi connectivity index (χ3n) is 2.78. The van der Waals surface area contributed by atoms with E-state index in [-0.39, 0.29) is 0 Å². The highest BCUT2D eigenvalue weighted by Gasteiger charge is 2.16. The molecule has 1 heterocycles. The van der Waals surface area contributed by atoms with Crippen molar-refractivity contribution in [2.24, 2.45) is 0 Å². The molecule has 1 rings (SSSR count). The van der Waals surface area contributed by atoms with Crippen LogP contribution < -0.4 is 4.90 Å². The Bertz CT molecular complexity index is 344. The lowest BCUT2D eigenvalue weighted by Crippen LogP contribution is -2.34. The van der Waals surface area contributed by atoms with Crippen molar-refractivity contribution in [1.82, 2.24) is 4.98 Å². The summed E-state index contributed by atoms with van der Waals surface area (Å²) in [5.74, 6) is 2.18. The number of pyridine rings is 1. The first-order valence-corrected chi connectivity index (χ1v) is 7.63. The van der Waals surface area contributed by atoms with Gasteiger partial charge in [0, 0.05) is 25.0 Å². The molecule has 0 aliphatic carbocycles. The second-order valence-corrected chi connectivity index (χ2v) is 5.60. The van der Waals surface area contributed by atoms with Crippen molar-refractivity contribution < 1.29 is 0 Å². The normalized spacial score (nSPS) is 12.6. The molecule has 0 fully saturated rings. The van der Waals surface area contributed by atoms with Crippen LogP contribution in [0.5, 0.6) is 0 Å². The highest BCUT2D eigenvalue weighted by molar-refractivity contribution is 9.10. The van der Waals surface area contributed by atoms with Crippen molar-refractivity contribution in [3.05, 3.63) is 22.3 Å². The first-order valence-electron chi connectivity index (χ1n) is 5.44. The van der Waals surface area contributed by atoms with Crippen LogP contribution in [0.3, 0.4) is 0 Å². The van der Waals surface area contributed by atoms with E-state index < -0.39 is 0 Å². The molecule has 90 valence electrons. The average Bonchev–Trinajstić information content (AvgIpc) is 2.29. The Balaban J connectivity index is 2.94. The number of anilines is 1. The molecule has 0 aliphatic rings. The number of rotatable bonds is 5. The summed E-state index contributed by atoms with van der Waals surface area (Å²) in [5, 5.41) is 0. The zero-order valence-electron chi connectivity index (χ0n) is 10.3. The average molecular weight is 303 g/mol. The second kappa shape index (κ2) is 6.50. The van der Waals surface area contributed by atoms with E-state index in [1.165, 1.54) is 5.56 Å². The Morgan fingerprint density at radius 3 is 2.81 bits per heavy atom. The van der Waals surface area contributed by atoms with Crippen molar-refractivity contribution >= 4 is 33.5 Å². The van der Waals surface area contributed by atoms with Gasteiger partial charge in [-0.15, -0.1) is 0 Å². The van der Waals surface area contributed by atoms with Crippen LogP contribution in [0.2, 0.25) is 0 Å². The number of aryl methyl sites for hydroxylation is 1. The van der Waals surface area contributed by atoms with Gasteiger partial charge in [-0.05, 0) is 47.2 Å². The number of thioether (sulfide) groups is 1. The summed E-state index contributed by atoms with van der Waals surface area (Å²) in [7, 11) is 2.12. The van der Waals surface area contributed by atoms with Gasteiger partial charge >= 0.3 is 0 Å². The molecule has 0 aliphatic heterocycles. The zero-order chi connectivity index (χ0) is 12.1. The SMILES string of the molecule is CCC(CSC)N(C)c1nccc(C)c1Br. The van der Waals surface area contributed by atoms with E-state index in [4.69, 9.17) is 0 Å². The van der Waals surface area contributed by atoms with Crippen LogP contribution in [0.1, 0.15) is 18.9 Å². The molecule has 1 atom stereocenters. The van der Waals surface area contributed by atoms with Gasteiger partial charge in [0.25, 0.3) is 0 Å². The summed E-state index contributed by atoms with van der Waals surface area (Å²) < 4.78 is 1.11. The summed E-state index contributed by atoms with van der Waals surface area (Å²) in [6.07, 6.45) is 5.16. The van der Waals surface area contributed by atoms with Crippen LogP contribution in [0.25, 0.3) is 0 Å². The van der Waals surface area contributed by atoms with Crippen molar-refractivity contribution in [3.63, 3.8) is 0 Å². The fraction of sp³-hybridized carbons (Fsp3) is 0.583. The van der Waals surface area contributed by atoms with Crippen LogP contribution >= 0.6 is 27.7 Å². The monoisotopic (exact) mass is 302 g/mol. The van der Waals surface area contributed by atoms with Gasteiger partial charge in [-0.2, -0.15) is 11.8 Å². The summed E-state index contributed by atoms with van der Waals surface area (Å²) in [6, 6.07) is 2.57. The minimum Gasteiger partial charge on any atom is -0.355 e. The van der Waals surface area contributed by atoms with Crippen molar-refractivity contribution in [1.29, 1.82) is 0 Å². The number of aromatic nitrogens is 1. The van der Waals surface area contributed by atoms with Crippen LogP contribution in [0.15, 0.2) is 16.7 Å². The van der Waals surface area contributed by atoms with E-state index in [9.17, 15) is 0 Å². The van der Waals surface area contributed by atoms with Crippen molar-refractivity contribution in [3.8, 4) is 0 Å². The van der Waals surface area contributed by atoms with Gasteiger partial charge in [-0.25, -0.2) is 4.98 Å². The first-order chi connectivity index (χ1) is 7.61. The molecule has 2 nitrogen and oxygen atoms in total. The topological polar surface area (TPSA) is 16.1 Å². The minimum absolute atomic E-state index is 0.542.